The number of carbonyl (C=O) groups is 1. The van der Waals surface area contributed by atoms with Crippen molar-refractivity contribution in [2.45, 2.75) is 6.92 Å². The molecular weight excluding hydrogens is 254 g/mol. The van der Waals surface area contributed by atoms with E-state index >= 15 is 0 Å². The van der Waals surface area contributed by atoms with Gasteiger partial charge < -0.3 is 10.1 Å². The number of hydrogen-bond donors (Lipinski definition) is 1. The van der Waals surface area contributed by atoms with Gasteiger partial charge in [-0.2, -0.15) is 0 Å². The van der Waals surface area contributed by atoms with Gasteiger partial charge in [0.15, 0.2) is 0 Å². The fraction of sp³-hybridized carbons (Fsp3) is 0.167. The van der Waals surface area contributed by atoms with Crippen LogP contribution in [0.15, 0.2) is 36.9 Å². The zero-order valence-electron chi connectivity index (χ0n) is 9.76. The summed E-state index contributed by atoms with van der Waals surface area (Å²) >= 11 is 5.90. The zero-order valence-corrected chi connectivity index (χ0v) is 10.5. The molecule has 1 aromatic carbocycles. The second-order valence-electron chi connectivity index (χ2n) is 3.47. The smallest absolute Gasteiger partial charge is 0.331 e. The van der Waals surface area contributed by atoms with Crippen LogP contribution < -0.4 is 10.1 Å². The maximum absolute atomic E-state index is 11.9. The van der Waals surface area contributed by atoms with Crippen molar-refractivity contribution in [3.05, 3.63) is 41.9 Å². The van der Waals surface area contributed by atoms with Crippen molar-refractivity contribution in [3.8, 4) is 5.75 Å². The second kappa shape index (κ2) is 5.55. The monoisotopic (exact) mass is 265 g/mol. The van der Waals surface area contributed by atoms with Crippen molar-refractivity contribution in [1.29, 1.82) is 0 Å². The number of anilines is 1. The highest BCUT2D eigenvalue weighted by molar-refractivity contribution is 6.31. The summed E-state index contributed by atoms with van der Waals surface area (Å²) < 4.78 is 6.74. The molecular formula is C12H12ClN3O2. The third kappa shape index (κ3) is 2.81. The first kappa shape index (κ1) is 12.4. The molecule has 0 aliphatic heterocycles. The summed E-state index contributed by atoms with van der Waals surface area (Å²) in [7, 11) is 0. The number of nitrogens with one attached hydrogen (secondary N) is 1. The topological polar surface area (TPSA) is 56.1 Å². The minimum Gasteiger partial charge on any atom is -0.492 e. The number of hydrogen-bond acceptors (Lipinski definition) is 3. The second-order valence-corrected chi connectivity index (χ2v) is 3.91. The van der Waals surface area contributed by atoms with Crippen LogP contribution in [-0.2, 0) is 0 Å². The summed E-state index contributed by atoms with van der Waals surface area (Å²) in [6.07, 6.45) is 4.50. The van der Waals surface area contributed by atoms with Crippen LogP contribution in [0.5, 0.6) is 5.75 Å². The molecule has 0 saturated carbocycles. The van der Waals surface area contributed by atoms with E-state index in [1.165, 1.54) is 17.1 Å². The van der Waals surface area contributed by atoms with Gasteiger partial charge in [0, 0.05) is 17.4 Å². The van der Waals surface area contributed by atoms with E-state index in [9.17, 15) is 4.79 Å². The van der Waals surface area contributed by atoms with Crippen molar-refractivity contribution < 1.29 is 9.53 Å². The molecule has 2 aromatic rings. The minimum atomic E-state index is -0.323. The molecule has 0 spiro atoms. The molecule has 5 nitrogen and oxygen atoms in total. The summed E-state index contributed by atoms with van der Waals surface area (Å²) in [5.74, 6) is 0.579. The number of carbonyl (C=O) groups excluding carboxylic acids is 1. The number of halogens is 1. The van der Waals surface area contributed by atoms with E-state index in [1.54, 1.807) is 24.4 Å². The molecule has 1 N–H and O–H groups in total. The quantitative estimate of drug-likeness (QED) is 0.928. The Kier molecular flexibility index (Phi) is 3.84. The maximum atomic E-state index is 11.9. The fourth-order valence-corrected chi connectivity index (χ4v) is 1.61. The largest absolute Gasteiger partial charge is 0.492 e. The first-order valence-corrected chi connectivity index (χ1v) is 5.80. The average Bonchev–Trinajstić information content (AvgIpc) is 2.86. The van der Waals surface area contributed by atoms with E-state index in [0.717, 1.165) is 0 Å². The Morgan fingerprint density at radius 3 is 3.06 bits per heavy atom. The molecule has 0 saturated heterocycles. The molecule has 1 amide bonds. The van der Waals surface area contributed by atoms with Crippen LogP contribution >= 0.6 is 11.6 Å². The summed E-state index contributed by atoms with van der Waals surface area (Å²) in [4.78, 5) is 15.7. The Morgan fingerprint density at radius 1 is 1.56 bits per heavy atom. The lowest BCUT2D eigenvalue weighted by Crippen LogP contribution is -2.18. The van der Waals surface area contributed by atoms with Crippen LogP contribution in [0.1, 0.15) is 6.92 Å². The normalized spacial score (nSPS) is 10.1. The molecule has 6 heteroatoms. The number of ether oxygens (including phenoxy) is 1. The SMILES string of the molecule is CCOc1ccc(Cl)cc1NC(=O)n1ccnc1. The Morgan fingerprint density at radius 2 is 2.39 bits per heavy atom. The highest BCUT2D eigenvalue weighted by Crippen LogP contribution is 2.28. The van der Waals surface area contributed by atoms with Crippen LogP contribution in [-0.4, -0.2) is 22.2 Å². The van der Waals surface area contributed by atoms with Crippen LogP contribution in [0.4, 0.5) is 10.5 Å². The fourth-order valence-electron chi connectivity index (χ4n) is 1.44. The van der Waals surface area contributed by atoms with Crippen LogP contribution in [0, 0.1) is 0 Å². The Bertz CT molecular complexity index is 540. The zero-order chi connectivity index (χ0) is 13.0. The Balaban J connectivity index is 2.22. The van der Waals surface area contributed by atoms with Gasteiger partial charge >= 0.3 is 6.03 Å². The minimum absolute atomic E-state index is 0.323. The van der Waals surface area contributed by atoms with Gasteiger partial charge in [0.1, 0.15) is 12.1 Å². The van der Waals surface area contributed by atoms with Crippen molar-refractivity contribution in [1.82, 2.24) is 9.55 Å². The summed E-state index contributed by atoms with van der Waals surface area (Å²) in [6.45, 7) is 2.38. The summed E-state index contributed by atoms with van der Waals surface area (Å²) in [6, 6.07) is 4.74. The average molecular weight is 266 g/mol. The highest BCUT2D eigenvalue weighted by Gasteiger charge is 2.09. The number of aromatic nitrogens is 2. The maximum Gasteiger partial charge on any atom is 0.331 e. The number of imidazole rings is 1. The van der Waals surface area contributed by atoms with Crippen molar-refractivity contribution >= 4 is 23.3 Å². The molecule has 0 aliphatic rings. The molecule has 0 atom stereocenters. The van der Waals surface area contributed by atoms with Crippen LogP contribution in [0.3, 0.4) is 0 Å². The molecule has 0 fully saturated rings. The number of rotatable bonds is 3. The third-order valence-corrected chi connectivity index (χ3v) is 2.46. The van der Waals surface area contributed by atoms with Gasteiger partial charge in [0.25, 0.3) is 0 Å². The van der Waals surface area contributed by atoms with E-state index in [4.69, 9.17) is 16.3 Å². The molecule has 0 bridgehead atoms. The van der Waals surface area contributed by atoms with Gasteiger partial charge in [0.2, 0.25) is 0 Å². The van der Waals surface area contributed by atoms with E-state index in [0.29, 0.717) is 23.1 Å². The van der Waals surface area contributed by atoms with E-state index in [-0.39, 0.29) is 6.03 Å². The third-order valence-electron chi connectivity index (χ3n) is 2.22. The molecule has 0 unspecified atom stereocenters. The van der Waals surface area contributed by atoms with Gasteiger partial charge in [-0.3, -0.25) is 4.57 Å². The lowest BCUT2D eigenvalue weighted by molar-refractivity contribution is 0.253. The van der Waals surface area contributed by atoms with Gasteiger partial charge in [-0.1, -0.05) is 11.6 Å². The van der Waals surface area contributed by atoms with Crippen molar-refractivity contribution in [2.24, 2.45) is 0 Å². The van der Waals surface area contributed by atoms with E-state index < -0.39 is 0 Å². The molecule has 2 rings (SSSR count). The van der Waals surface area contributed by atoms with Gasteiger partial charge in [-0.05, 0) is 25.1 Å². The Hall–Kier alpha value is -2.01. The van der Waals surface area contributed by atoms with Crippen molar-refractivity contribution in [3.63, 3.8) is 0 Å². The molecule has 1 heterocycles. The molecule has 0 radical (unpaired) electrons. The number of benzene rings is 1. The summed E-state index contributed by atoms with van der Waals surface area (Å²) in [5.41, 5.74) is 0.531. The standard InChI is InChI=1S/C12H12ClN3O2/c1-2-18-11-4-3-9(13)7-10(11)15-12(17)16-6-5-14-8-16/h3-8H,2H2,1H3,(H,15,17). The van der Waals surface area contributed by atoms with Gasteiger partial charge in [-0.15, -0.1) is 0 Å². The molecule has 94 valence electrons. The lowest BCUT2D eigenvalue weighted by atomic mass is 10.3. The lowest BCUT2D eigenvalue weighted by Gasteiger charge is -2.11. The van der Waals surface area contributed by atoms with Gasteiger partial charge in [0.05, 0.1) is 12.3 Å². The highest BCUT2D eigenvalue weighted by atomic mass is 35.5. The van der Waals surface area contributed by atoms with E-state index in [2.05, 4.69) is 10.3 Å². The first-order chi connectivity index (χ1) is 8.70. The predicted octanol–water partition coefficient (Wildman–Crippen LogP) is 3.02. The number of amides is 1. The molecule has 1 aromatic heterocycles. The summed E-state index contributed by atoms with van der Waals surface area (Å²) in [5, 5.41) is 3.24. The number of nitrogens with zero attached hydrogens (tertiary/aromatic N) is 2. The first-order valence-electron chi connectivity index (χ1n) is 5.42. The van der Waals surface area contributed by atoms with Crippen molar-refractivity contribution in [2.75, 3.05) is 11.9 Å². The van der Waals surface area contributed by atoms with Crippen LogP contribution in [0.2, 0.25) is 5.02 Å². The molecule has 18 heavy (non-hydrogen) atoms. The van der Waals surface area contributed by atoms with Gasteiger partial charge in [-0.25, -0.2) is 9.78 Å². The predicted molar refractivity (Wildman–Crippen MR) is 69.3 cm³/mol. The van der Waals surface area contributed by atoms with E-state index in [1.807, 2.05) is 6.92 Å². The Labute approximate surface area is 109 Å². The van der Waals surface area contributed by atoms with Crippen LogP contribution in [0.25, 0.3) is 0 Å². The molecule has 0 aliphatic carbocycles.